The van der Waals surface area contributed by atoms with Crippen LogP contribution in [0.3, 0.4) is 0 Å². The van der Waals surface area contributed by atoms with E-state index >= 15 is 0 Å². The van der Waals surface area contributed by atoms with Crippen molar-refractivity contribution in [3.05, 3.63) is 65.7 Å². The monoisotopic (exact) mass is 448 g/mol. The molecule has 0 aliphatic carbocycles. The average Bonchev–Trinajstić information content (AvgIpc) is 3.23. The molecule has 0 bridgehead atoms. The molecule has 7 nitrogen and oxygen atoms in total. The highest BCUT2D eigenvalue weighted by Gasteiger charge is 2.66. The molecule has 1 amide bonds. The standard InChI is InChI=1S/C26H28N2O5/c1-15-21-18(27-13-19-23(22(15)27)28(19)25(30)33-26(2,3)4)11-17(24(29)31-5)12-20(21)32-14-16-9-7-6-8-10-16/h6-12,19,22-23H,1,13-14H2,2-5H3/t19-,22-,23-,28?/m0/s1. The van der Waals surface area contributed by atoms with Crippen molar-refractivity contribution in [3.63, 3.8) is 0 Å². The molecule has 0 N–H and O–H groups in total. The van der Waals surface area contributed by atoms with E-state index in [1.165, 1.54) is 7.11 Å². The number of carbonyl (C=O) groups excluding carboxylic acids is 2. The largest absolute Gasteiger partial charge is 0.488 e. The highest BCUT2D eigenvalue weighted by molar-refractivity contribution is 5.99. The summed E-state index contributed by atoms with van der Waals surface area (Å²) in [7, 11) is 1.37. The van der Waals surface area contributed by atoms with Gasteiger partial charge in [-0.15, -0.1) is 0 Å². The molecule has 2 saturated heterocycles. The van der Waals surface area contributed by atoms with Crippen molar-refractivity contribution in [1.29, 1.82) is 0 Å². The van der Waals surface area contributed by atoms with Crippen molar-refractivity contribution >= 4 is 23.3 Å². The highest BCUT2D eigenvalue weighted by Crippen LogP contribution is 2.55. The Labute approximate surface area is 193 Å². The van der Waals surface area contributed by atoms with Gasteiger partial charge < -0.3 is 19.1 Å². The zero-order chi connectivity index (χ0) is 23.5. The van der Waals surface area contributed by atoms with Gasteiger partial charge in [-0.25, -0.2) is 9.59 Å². The topological polar surface area (TPSA) is 68.1 Å². The quantitative estimate of drug-likeness (QED) is 0.514. The number of anilines is 1. The van der Waals surface area contributed by atoms with Crippen LogP contribution in [0.4, 0.5) is 10.5 Å². The third-order valence-electron chi connectivity index (χ3n) is 6.36. The van der Waals surface area contributed by atoms with Crippen LogP contribution in [0.5, 0.6) is 5.75 Å². The van der Waals surface area contributed by atoms with Crippen molar-refractivity contribution in [2.24, 2.45) is 0 Å². The van der Waals surface area contributed by atoms with Gasteiger partial charge >= 0.3 is 12.1 Å². The smallest absolute Gasteiger partial charge is 0.411 e. The van der Waals surface area contributed by atoms with Crippen LogP contribution < -0.4 is 9.64 Å². The van der Waals surface area contributed by atoms with Crippen molar-refractivity contribution in [3.8, 4) is 5.75 Å². The zero-order valence-corrected chi connectivity index (χ0v) is 19.3. The lowest BCUT2D eigenvalue weighted by molar-refractivity contribution is 0.0385. The van der Waals surface area contributed by atoms with Crippen LogP contribution in [0, 0.1) is 0 Å². The number of piperazine rings is 1. The van der Waals surface area contributed by atoms with E-state index in [1.54, 1.807) is 11.0 Å². The van der Waals surface area contributed by atoms with Crippen LogP contribution in [-0.4, -0.2) is 54.3 Å². The van der Waals surface area contributed by atoms with Crippen LogP contribution in [-0.2, 0) is 16.1 Å². The minimum atomic E-state index is -0.544. The molecule has 0 spiro atoms. The van der Waals surface area contributed by atoms with Gasteiger partial charge in [0.05, 0.1) is 30.8 Å². The summed E-state index contributed by atoms with van der Waals surface area (Å²) in [5.41, 5.74) is 3.58. The second kappa shape index (κ2) is 7.54. The molecule has 0 radical (unpaired) electrons. The first-order chi connectivity index (χ1) is 15.7. The number of nitrogens with zero attached hydrogens (tertiary/aromatic N) is 2. The Morgan fingerprint density at radius 2 is 1.88 bits per heavy atom. The van der Waals surface area contributed by atoms with Gasteiger partial charge in [0.2, 0.25) is 0 Å². The Morgan fingerprint density at radius 1 is 1.15 bits per heavy atom. The fourth-order valence-corrected chi connectivity index (χ4v) is 4.96. The number of rotatable bonds is 4. The van der Waals surface area contributed by atoms with Crippen molar-refractivity contribution in [2.75, 3.05) is 18.6 Å². The number of carbonyl (C=O) groups is 2. The molecule has 33 heavy (non-hydrogen) atoms. The second-order valence-corrected chi connectivity index (χ2v) is 9.70. The van der Waals surface area contributed by atoms with Crippen molar-refractivity contribution < 1.29 is 23.8 Å². The molecule has 172 valence electrons. The normalized spacial score (nSPS) is 22.4. The number of methoxy groups -OCH3 is 1. The molecule has 3 aliphatic heterocycles. The van der Waals surface area contributed by atoms with E-state index in [0.717, 1.165) is 22.4 Å². The lowest BCUT2D eigenvalue weighted by atomic mass is 9.99. The van der Waals surface area contributed by atoms with E-state index in [2.05, 4.69) is 11.5 Å². The first kappa shape index (κ1) is 21.4. The molecule has 0 saturated carbocycles. The van der Waals surface area contributed by atoms with Crippen LogP contribution in [0.25, 0.3) is 5.57 Å². The molecule has 0 aromatic heterocycles. The first-order valence-electron chi connectivity index (χ1n) is 11.1. The van der Waals surface area contributed by atoms with Crippen LogP contribution in [0.1, 0.15) is 42.3 Å². The molecular weight excluding hydrogens is 420 g/mol. The third kappa shape index (κ3) is 3.61. The summed E-state index contributed by atoms with van der Waals surface area (Å²) < 4.78 is 16.8. The number of esters is 1. The number of hydrogen-bond acceptors (Lipinski definition) is 6. The minimum Gasteiger partial charge on any atom is -0.488 e. The second-order valence-electron chi connectivity index (χ2n) is 9.70. The van der Waals surface area contributed by atoms with Crippen LogP contribution >= 0.6 is 0 Å². The molecule has 0 unspecified atom stereocenters. The summed E-state index contributed by atoms with van der Waals surface area (Å²) >= 11 is 0. The number of fused-ring (bicyclic) bond motifs is 5. The molecule has 5 rings (SSSR count). The first-order valence-corrected chi connectivity index (χ1v) is 11.1. The van der Waals surface area contributed by atoms with E-state index in [1.807, 2.05) is 57.2 Å². The Bertz CT molecular complexity index is 1140. The summed E-state index contributed by atoms with van der Waals surface area (Å²) in [6.45, 7) is 11.0. The van der Waals surface area contributed by atoms with Gasteiger partial charge in [0.25, 0.3) is 0 Å². The highest BCUT2D eigenvalue weighted by atomic mass is 16.6. The molecule has 2 aromatic rings. The van der Waals surface area contributed by atoms with Gasteiger partial charge in [-0.05, 0) is 44.0 Å². The molecule has 7 heteroatoms. The molecular formula is C26H28N2O5. The van der Waals surface area contributed by atoms with E-state index in [9.17, 15) is 9.59 Å². The molecule has 3 aliphatic rings. The number of ether oxygens (including phenoxy) is 3. The minimum absolute atomic E-state index is 0.00306. The van der Waals surface area contributed by atoms with Gasteiger partial charge in [-0.2, -0.15) is 0 Å². The maximum absolute atomic E-state index is 12.7. The fourth-order valence-electron chi connectivity index (χ4n) is 4.96. The Morgan fingerprint density at radius 3 is 2.55 bits per heavy atom. The van der Waals surface area contributed by atoms with Gasteiger partial charge in [0.15, 0.2) is 0 Å². The van der Waals surface area contributed by atoms with Crippen molar-refractivity contribution in [1.82, 2.24) is 4.90 Å². The lowest BCUT2D eigenvalue weighted by Gasteiger charge is -2.27. The summed E-state index contributed by atoms with van der Waals surface area (Å²) in [5, 5.41) is 0. The van der Waals surface area contributed by atoms with E-state index in [0.29, 0.717) is 24.5 Å². The van der Waals surface area contributed by atoms with E-state index in [-0.39, 0.29) is 24.2 Å². The van der Waals surface area contributed by atoms with Crippen LogP contribution in [0.2, 0.25) is 0 Å². The summed E-state index contributed by atoms with van der Waals surface area (Å²) in [6.07, 6.45) is -0.295. The Kier molecular flexibility index (Phi) is 4.88. The summed E-state index contributed by atoms with van der Waals surface area (Å²) in [4.78, 5) is 29.1. The third-order valence-corrected chi connectivity index (χ3v) is 6.36. The molecule has 2 aromatic carbocycles. The van der Waals surface area contributed by atoms with E-state index < -0.39 is 11.6 Å². The van der Waals surface area contributed by atoms with E-state index in [4.69, 9.17) is 14.2 Å². The molecule has 3 heterocycles. The van der Waals surface area contributed by atoms with Gasteiger partial charge in [-0.1, -0.05) is 36.9 Å². The Hall–Kier alpha value is -3.48. The summed E-state index contributed by atoms with van der Waals surface area (Å²) in [6, 6.07) is 13.4. The van der Waals surface area contributed by atoms with Crippen LogP contribution in [0.15, 0.2) is 49.0 Å². The maximum atomic E-state index is 12.7. The number of hydrogen-bond donors (Lipinski definition) is 0. The molecule has 3 atom stereocenters. The fraction of sp³-hybridized carbons (Fsp3) is 0.385. The number of amides is 1. The SMILES string of the molecule is C=C1c2c(OCc3ccccc3)cc(C(=O)OC)cc2N2C[C@H]3[C@@H]([C@H]12)N3C(=O)OC(C)(C)C. The maximum Gasteiger partial charge on any atom is 0.411 e. The average molecular weight is 449 g/mol. The molecule has 2 fully saturated rings. The predicted octanol–water partition coefficient (Wildman–Crippen LogP) is 4.26. The lowest BCUT2D eigenvalue weighted by Crippen LogP contribution is -2.39. The van der Waals surface area contributed by atoms with Gasteiger partial charge in [0.1, 0.15) is 18.0 Å². The zero-order valence-electron chi connectivity index (χ0n) is 19.3. The van der Waals surface area contributed by atoms with Crippen molar-refractivity contribution in [2.45, 2.75) is 51.1 Å². The predicted molar refractivity (Wildman–Crippen MR) is 124 cm³/mol. The van der Waals surface area contributed by atoms with Gasteiger partial charge in [-0.3, -0.25) is 4.90 Å². The summed E-state index contributed by atoms with van der Waals surface area (Å²) in [5.74, 6) is 0.174. The number of benzene rings is 2. The van der Waals surface area contributed by atoms with Gasteiger partial charge in [0, 0.05) is 17.8 Å². The Balaban J connectivity index is 1.44.